The number of carboxylic acids is 1. The summed E-state index contributed by atoms with van der Waals surface area (Å²) in [7, 11) is 3.16. The van der Waals surface area contributed by atoms with Crippen LogP contribution in [0.2, 0.25) is 0 Å². The predicted molar refractivity (Wildman–Crippen MR) is 84.8 cm³/mol. The smallest absolute Gasteiger partial charge is 0.306 e. The van der Waals surface area contributed by atoms with Gasteiger partial charge in [0.1, 0.15) is 0 Å². The summed E-state index contributed by atoms with van der Waals surface area (Å²) in [6.45, 7) is 0. The normalized spacial score (nSPS) is 20.1. The number of aryl methyl sites for hydroxylation is 1. The van der Waals surface area contributed by atoms with Crippen molar-refractivity contribution in [1.82, 2.24) is 5.32 Å². The molecular weight excluding hydrogens is 298 g/mol. The van der Waals surface area contributed by atoms with Gasteiger partial charge in [0.2, 0.25) is 5.91 Å². The molecule has 1 fully saturated rings. The van der Waals surface area contributed by atoms with Gasteiger partial charge in [-0.2, -0.15) is 0 Å². The molecule has 0 bridgehead atoms. The van der Waals surface area contributed by atoms with E-state index in [9.17, 15) is 9.59 Å². The Morgan fingerprint density at radius 1 is 1.22 bits per heavy atom. The van der Waals surface area contributed by atoms with Gasteiger partial charge in [0.25, 0.3) is 0 Å². The predicted octanol–water partition coefficient (Wildman–Crippen LogP) is 2.01. The fraction of sp³-hybridized carbons (Fsp3) is 0.529. The molecule has 1 amide bonds. The topological polar surface area (TPSA) is 84.9 Å². The maximum absolute atomic E-state index is 12.0. The zero-order valence-corrected chi connectivity index (χ0v) is 13.5. The zero-order valence-electron chi connectivity index (χ0n) is 13.5. The fourth-order valence-electron chi connectivity index (χ4n) is 2.93. The number of aliphatic carboxylic acids is 1. The maximum atomic E-state index is 12.0. The van der Waals surface area contributed by atoms with Crippen molar-refractivity contribution < 1.29 is 24.2 Å². The SMILES string of the molecule is COc1ccc(CCC(=O)N[C@H]2CC[C@@H](C(=O)O)C2)cc1OC. The lowest BCUT2D eigenvalue weighted by atomic mass is 10.1. The Hall–Kier alpha value is -2.24. The van der Waals surface area contributed by atoms with Crippen molar-refractivity contribution in [2.24, 2.45) is 5.92 Å². The highest BCUT2D eigenvalue weighted by atomic mass is 16.5. The zero-order chi connectivity index (χ0) is 16.8. The number of carboxylic acid groups (broad SMARTS) is 1. The molecule has 0 spiro atoms. The Morgan fingerprint density at radius 3 is 2.57 bits per heavy atom. The molecule has 1 saturated carbocycles. The van der Waals surface area contributed by atoms with Crippen LogP contribution in [-0.4, -0.2) is 37.2 Å². The van der Waals surface area contributed by atoms with E-state index in [0.29, 0.717) is 37.2 Å². The molecule has 23 heavy (non-hydrogen) atoms. The quantitative estimate of drug-likeness (QED) is 0.802. The average molecular weight is 321 g/mol. The molecule has 0 heterocycles. The Bertz CT molecular complexity index is 572. The molecule has 1 aliphatic carbocycles. The third kappa shape index (κ3) is 4.61. The maximum Gasteiger partial charge on any atom is 0.306 e. The standard InChI is InChI=1S/C17H23NO5/c1-22-14-7-3-11(9-15(14)23-2)4-8-16(19)18-13-6-5-12(10-13)17(20)21/h3,7,9,12-13H,4-6,8,10H2,1-2H3,(H,18,19)(H,20,21)/t12-,13+/m1/s1. The van der Waals surface area contributed by atoms with Crippen molar-refractivity contribution >= 4 is 11.9 Å². The number of amides is 1. The molecule has 6 heteroatoms. The van der Waals surface area contributed by atoms with Gasteiger partial charge in [-0.1, -0.05) is 6.07 Å². The van der Waals surface area contributed by atoms with Crippen molar-refractivity contribution in [3.63, 3.8) is 0 Å². The molecule has 0 unspecified atom stereocenters. The number of carbonyl (C=O) groups excluding carboxylic acids is 1. The first-order chi connectivity index (χ1) is 11.0. The van der Waals surface area contributed by atoms with Crippen molar-refractivity contribution in [3.05, 3.63) is 23.8 Å². The van der Waals surface area contributed by atoms with Gasteiger partial charge in [0, 0.05) is 12.5 Å². The lowest BCUT2D eigenvalue weighted by Gasteiger charge is -2.13. The van der Waals surface area contributed by atoms with Gasteiger partial charge < -0.3 is 19.9 Å². The molecule has 1 aromatic carbocycles. The van der Waals surface area contributed by atoms with Gasteiger partial charge >= 0.3 is 5.97 Å². The largest absolute Gasteiger partial charge is 0.493 e. The first-order valence-corrected chi connectivity index (χ1v) is 7.76. The Labute approximate surface area is 135 Å². The molecule has 0 radical (unpaired) electrons. The van der Waals surface area contributed by atoms with Crippen LogP contribution in [0.4, 0.5) is 0 Å². The Balaban J connectivity index is 1.82. The number of ether oxygens (including phenoxy) is 2. The number of methoxy groups -OCH3 is 2. The second-order valence-electron chi connectivity index (χ2n) is 5.80. The summed E-state index contributed by atoms with van der Waals surface area (Å²) in [4.78, 5) is 22.9. The third-order valence-electron chi connectivity index (χ3n) is 4.24. The van der Waals surface area contributed by atoms with Gasteiger partial charge in [-0.15, -0.1) is 0 Å². The van der Waals surface area contributed by atoms with Crippen molar-refractivity contribution in [2.75, 3.05) is 14.2 Å². The molecule has 2 atom stereocenters. The van der Waals surface area contributed by atoms with Crippen molar-refractivity contribution in [3.8, 4) is 11.5 Å². The van der Waals surface area contributed by atoms with Gasteiger partial charge in [-0.05, 0) is 43.4 Å². The van der Waals surface area contributed by atoms with Gasteiger partial charge in [0.15, 0.2) is 11.5 Å². The highest BCUT2D eigenvalue weighted by Gasteiger charge is 2.30. The number of rotatable bonds is 7. The van der Waals surface area contributed by atoms with E-state index in [2.05, 4.69) is 5.32 Å². The van der Waals surface area contributed by atoms with E-state index in [0.717, 1.165) is 12.0 Å². The van der Waals surface area contributed by atoms with Crippen LogP contribution in [0.3, 0.4) is 0 Å². The molecule has 126 valence electrons. The van der Waals surface area contributed by atoms with Crippen LogP contribution in [0.25, 0.3) is 0 Å². The summed E-state index contributed by atoms with van der Waals surface area (Å²) in [5.41, 5.74) is 0.993. The molecular formula is C17H23NO5. The summed E-state index contributed by atoms with van der Waals surface area (Å²) < 4.78 is 10.4. The van der Waals surface area contributed by atoms with Gasteiger partial charge in [-0.25, -0.2) is 0 Å². The van der Waals surface area contributed by atoms with Crippen LogP contribution >= 0.6 is 0 Å². The summed E-state index contributed by atoms with van der Waals surface area (Å²) in [5, 5.41) is 11.9. The summed E-state index contributed by atoms with van der Waals surface area (Å²) >= 11 is 0. The van der Waals surface area contributed by atoms with E-state index in [1.54, 1.807) is 14.2 Å². The first kappa shape index (κ1) is 17.1. The van der Waals surface area contributed by atoms with Crippen LogP contribution in [0, 0.1) is 5.92 Å². The second-order valence-corrected chi connectivity index (χ2v) is 5.80. The number of benzene rings is 1. The third-order valence-corrected chi connectivity index (χ3v) is 4.24. The molecule has 2 N–H and O–H groups in total. The summed E-state index contributed by atoms with van der Waals surface area (Å²) in [5.74, 6) is 0.158. The van der Waals surface area contributed by atoms with E-state index in [1.165, 1.54) is 0 Å². The molecule has 0 saturated heterocycles. The number of hydrogen-bond donors (Lipinski definition) is 2. The van der Waals surface area contributed by atoms with Crippen LogP contribution in [0.5, 0.6) is 11.5 Å². The van der Waals surface area contributed by atoms with Gasteiger partial charge in [-0.3, -0.25) is 9.59 Å². The van der Waals surface area contributed by atoms with Crippen molar-refractivity contribution in [1.29, 1.82) is 0 Å². The Morgan fingerprint density at radius 2 is 1.96 bits per heavy atom. The summed E-state index contributed by atoms with van der Waals surface area (Å²) in [6, 6.07) is 5.57. The molecule has 6 nitrogen and oxygen atoms in total. The highest BCUT2D eigenvalue weighted by Crippen LogP contribution is 2.28. The number of hydrogen-bond acceptors (Lipinski definition) is 4. The Kier molecular flexibility index (Phi) is 5.84. The van der Waals surface area contributed by atoms with Gasteiger partial charge in [0.05, 0.1) is 20.1 Å². The van der Waals surface area contributed by atoms with Crippen LogP contribution in [0.1, 0.15) is 31.2 Å². The second kappa shape index (κ2) is 7.85. The number of nitrogens with one attached hydrogen (secondary N) is 1. The van der Waals surface area contributed by atoms with Crippen LogP contribution in [-0.2, 0) is 16.0 Å². The monoisotopic (exact) mass is 321 g/mol. The minimum absolute atomic E-state index is 0.0194. The first-order valence-electron chi connectivity index (χ1n) is 7.76. The molecule has 0 aliphatic heterocycles. The minimum atomic E-state index is -0.771. The van der Waals surface area contributed by atoms with Crippen LogP contribution < -0.4 is 14.8 Å². The molecule has 1 aliphatic rings. The van der Waals surface area contributed by atoms with Crippen molar-refractivity contribution in [2.45, 2.75) is 38.1 Å². The van der Waals surface area contributed by atoms with Crippen LogP contribution in [0.15, 0.2) is 18.2 Å². The van der Waals surface area contributed by atoms with E-state index < -0.39 is 5.97 Å². The highest BCUT2D eigenvalue weighted by molar-refractivity contribution is 5.77. The fourth-order valence-corrected chi connectivity index (χ4v) is 2.93. The lowest BCUT2D eigenvalue weighted by Crippen LogP contribution is -2.33. The van der Waals surface area contributed by atoms with E-state index in [4.69, 9.17) is 14.6 Å². The minimum Gasteiger partial charge on any atom is -0.493 e. The molecule has 1 aromatic rings. The van der Waals surface area contributed by atoms with E-state index in [1.807, 2.05) is 18.2 Å². The summed E-state index contributed by atoms with van der Waals surface area (Å²) in [6.07, 6.45) is 2.86. The average Bonchev–Trinajstić information content (AvgIpc) is 3.01. The van der Waals surface area contributed by atoms with E-state index in [-0.39, 0.29) is 17.9 Å². The molecule has 2 rings (SSSR count). The molecule has 0 aromatic heterocycles. The van der Waals surface area contributed by atoms with E-state index >= 15 is 0 Å². The lowest BCUT2D eigenvalue weighted by molar-refractivity contribution is -0.141. The number of carbonyl (C=O) groups is 2.